The Balaban J connectivity index is 1.69. The molecular weight excluding hydrogens is 261 g/mol. The van der Waals surface area contributed by atoms with Crippen molar-refractivity contribution in [3.05, 3.63) is 0 Å². The number of nitrogens with zero attached hydrogens (tertiary/aromatic N) is 1. The average Bonchev–Trinajstić information content (AvgIpc) is 3.03. The number of hydrogen-bond acceptors (Lipinski definition) is 3. The zero-order valence-electron chi connectivity index (χ0n) is 10.6. The van der Waals surface area contributed by atoms with E-state index in [-0.39, 0.29) is 0 Å². The minimum Gasteiger partial charge on any atom is -0.481 e. The molecule has 0 spiro atoms. The number of hydrogen-bond donors (Lipinski definition) is 2. The van der Waals surface area contributed by atoms with Crippen molar-refractivity contribution < 1.29 is 23.1 Å². The first-order chi connectivity index (χ1) is 8.88. The number of nitrogens with one attached hydrogen (secondary N) is 1. The quantitative estimate of drug-likeness (QED) is 0.770. The summed E-state index contributed by atoms with van der Waals surface area (Å²) in [6, 6.07) is 0.687. The van der Waals surface area contributed by atoms with Gasteiger partial charge in [-0.25, -0.2) is 0 Å². The van der Waals surface area contributed by atoms with Crippen molar-refractivity contribution >= 4 is 5.97 Å². The topological polar surface area (TPSA) is 52.6 Å². The van der Waals surface area contributed by atoms with E-state index in [0.717, 1.165) is 19.5 Å². The van der Waals surface area contributed by atoms with Crippen LogP contribution in [0.2, 0.25) is 0 Å². The second kappa shape index (κ2) is 5.66. The second-order valence-electron chi connectivity index (χ2n) is 5.47. The highest BCUT2D eigenvalue weighted by atomic mass is 19.4. The third kappa shape index (κ3) is 4.07. The lowest BCUT2D eigenvalue weighted by Gasteiger charge is -2.18. The van der Waals surface area contributed by atoms with Crippen LogP contribution in [0.4, 0.5) is 13.2 Å². The molecule has 2 atom stereocenters. The number of carboxylic acid groups (broad SMARTS) is 1. The summed E-state index contributed by atoms with van der Waals surface area (Å²) in [5.41, 5.74) is 0. The lowest BCUT2D eigenvalue weighted by Crippen LogP contribution is -2.40. The Bertz CT molecular complexity index is 331. The summed E-state index contributed by atoms with van der Waals surface area (Å²) in [4.78, 5) is 12.9. The number of halogens is 3. The van der Waals surface area contributed by atoms with Crippen LogP contribution in [0, 0.1) is 11.8 Å². The molecule has 2 unspecified atom stereocenters. The standard InChI is InChI=1S/C12H19F3N2O2/c13-12(14,15)10(11(18)19)6-16-5-8-3-4-17(7-8)9-1-2-9/h8-10,16H,1-7H2,(H,18,19). The lowest BCUT2D eigenvalue weighted by atomic mass is 10.1. The number of likely N-dealkylation sites (tertiary alicyclic amines) is 1. The summed E-state index contributed by atoms with van der Waals surface area (Å²) in [6.45, 7) is 1.85. The smallest absolute Gasteiger partial charge is 0.403 e. The van der Waals surface area contributed by atoms with E-state index in [9.17, 15) is 18.0 Å². The highest BCUT2D eigenvalue weighted by molar-refractivity contribution is 5.71. The first-order valence-electron chi connectivity index (χ1n) is 6.62. The molecule has 0 aromatic rings. The number of carboxylic acids is 1. The molecule has 1 aliphatic heterocycles. The molecule has 0 bridgehead atoms. The molecule has 7 heteroatoms. The lowest BCUT2D eigenvalue weighted by molar-refractivity contribution is -0.192. The fraction of sp³-hybridized carbons (Fsp3) is 0.917. The SMILES string of the molecule is O=C(O)C(CNCC1CCN(C2CC2)C1)C(F)(F)F. The van der Waals surface area contributed by atoms with Gasteiger partial charge in [0.2, 0.25) is 0 Å². The molecule has 4 nitrogen and oxygen atoms in total. The van der Waals surface area contributed by atoms with Gasteiger partial charge >= 0.3 is 12.1 Å². The molecule has 110 valence electrons. The molecule has 2 N–H and O–H groups in total. The molecule has 0 aromatic heterocycles. The van der Waals surface area contributed by atoms with Gasteiger partial charge in [0, 0.05) is 19.1 Å². The van der Waals surface area contributed by atoms with Crippen LogP contribution in [0.15, 0.2) is 0 Å². The van der Waals surface area contributed by atoms with Crippen molar-refractivity contribution in [3.8, 4) is 0 Å². The van der Waals surface area contributed by atoms with Crippen LogP contribution < -0.4 is 5.32 Å². The van der Waals surface area contributed by atoms with Crippen molar-refractivity contribution in [3.63, 3.8) is 0 Å². The molecule has 2 fully saturated rings. The van der Waals surface area contributed by atoms with Gasteiger partial charge in [0.15, 0.2) is 5.92 Å². The molecular formula is C12H19F3N2O2. The van der Waals surface area contributed by atoms with E-state index in [0.29, 0.717) is 18.5 Å². The van der Waals surface area contributed by atoms with Gasteiger partial charge in [-0.2, -0.15) is 13.2 Å². The molecule has 0 amide bonds. The van der Waals surface area contributed by atoms with E-state index >= 15 is 0 Å². The van der Waals surface area contributed by atoms with Crippen LogP contribution in [-0.4, -0.2) is 54.4 Å². The average molecular weight is 280 g/mol. The minimum absolute atomic E-state index is 0.336. The Labute approximate surface area is 110 Å². The van der Waals surface area contributed by atoms with Gasteiger partial charge in [-0.05, 0) is 38.3 Å². The van der Waals surface area contributed by atoms with Gasteiger partial charge in [0.25, 0.3) is 0 Å². The summed E-state index contributed by atoms with van der Waals surface area (Å²) < 4.78 is 37.3. The highest BCUT2D eigenvalue weighted by Gasteiger charge is 2.44. The molecule has 2 aliphatic rings. The second-order valence-corrected chi connectivity index (χ2v) is 5.47. The Kier molecular flexibility index (Phi) is 4.35. The summed E-state index contributed by atoms with van der Waals surface area (Å²) in [5, 5.41) is 11.2. The van der Waals surface area contributed by atoms with E-state index in [1.165, 1.54) is 12.8 Å². The zero-order valence-corrected chi connectivity index (χ0v) is 10.6. The van der Waals surface area contributed by atoms with Crippen molar-refractivity contribution in [2.75, 3.05) is 26.2 Å². The third-order valence-electron chi connectivity index (χ3n) is 3.86. The molecule has 1 aliphatic carbocycles. The van der Waals surface area contributed by atoms with E-state index in [1.54, 1.807) is 0 Å². The summed E-state index contributed by atoms with van der Waals surface area (Å²) in [7, 11) is 0. The molecule has 19 heavy (non-hydrogen) atoms. The van der Waals surface area contributed by atoms with Crippen LogP contribution in [0.3, 0.4) is 0 Å². The molecule has 0 aromatic carbocycles. The number of aliphatic carboxylic acids is 1. The minimum atomic E-state index is -4.69. The van der Waals surface area contributed by atoms with Gasteiger partial charge in [-0.15, -0.1) is 0 Å². The Morgan fingerprint density at radius 2 is 2.05 bits per heavy atom. The maximum Gasteiger partial charge on any atom is 0.403 e. The Morgan fingerprint density at radius 1 is 1.37 bits per heavy atom. The predicted octanol–water partition coefficient (Wildman–Crippen LogP) is 1.32. The maximum atomic E-state index is 12.4. The van der Waals surface area contributed by atoms with Gasteiger partial charge in [-0.1, -0.05) is 0 Å². The van der Waals surface area contributed by atoms with Gasteiger partial charge in [0.05, 0.1) is 0 Å². The van der Waals surface area contributed by atoms with Gasteiger partial charge < -0.3 is 15.3 Å². The molecule has 1 saturated carbocycles. The van der Waals surface area contributed by atoms with E-state index in [1.807, 2.05) is 0 Å². The summed E-state index contributed by atoms with van der Waals surface area (Å²) in [5.74, 6) is -3.79. The van der Waals surface area contributed by atoms with Crippen molar-refractivity contribution in [2.45, 2.75) is 31.5 Å². The zero-order chi connectivity index (χ0) is 14.0. The van der Waals surface area contributed by atoms with Crippen molar-refractivity contribution in [1.82, 2.24) is 10.2 Å². The monoisotopic (exact) mass is 280 g/mol. The van der Waals surface area contributed by atoms with Crippen LogP contribution in [-0.2, 0) is 4.79 Å². The van der Waals surface area contributed by atoms with Crippen molar-refractivity contribution in [2.24, 2.45) is 11.8 Å². The van der Waals surface area contributed by atoms with Gasteiger partial charge in [-0.3, -0.25) is 4.79 Å². The Morgan fingerprint density at radius 3 is 2.58 bits per heavy atom. The van der Waals surface area contributed by atoms with E-state index in [4.69, 9.17) is 5.11 Å². The molecule has 0 radical (unpaired) electrons. The van der Waals surface area contributed by atoms with Crippen LogP contribution in [0.25, 0.3) is 0 Å². The molecule has 1 saturated heterocycles. The first kappa shape index (κ1) is 14.6. The summed E-state index contributed by atoms with van der Waals surface area (Å²) in [6.07, 6.45) is -1.24. The largest absolute Gasteiger partial charge is 0.481 e. The highest BCUT2D eigenvalue weighted by Crippen LogP contribution is 2.31. The number of rotatable bonds is 6. The first-order valence-corrected chi connectivity index (χ1v) is 6.62. The van der Waals surface area contributed by atoms with Crippen LogP contribution in [0.5, 0.6) is 0 Å². The fourth-order valence-electron chi connectivity index (χ4n) is 2.58. The van der Waals surface area contributed by atoms with E-state index in [2.05, 4.69) is 10.2 Å². The normalized spacial score (nSPS) is 26.6. The third-order valence-corrected chi connectivity index (χ3v) is 3.86. The summed E-state index contributed by atoms with van der Waals surface area (Å²) >= 11 is 0. The number of alkyl halides is 3. The van der Waals surface area contributed by atoms with Crippen LogP contribution in [0.1, 0.15) is 19.3 Å². The van der Waals surface area contributed by atoms with Crippen LogP contribution >= 0.6 is 0 Å². The number of carbonyl (C=O) groups is 1. The molecule has 2 rings (SSSR count). The Hall–Kier alpha value is -0.820. The predicted molar refractivity (Wildman–Crippen MR) is 62.8 cm³/mol. The van der Waals surface area contributed by atoms with Gasteiger partial charge in [0.1, 0.15) is 0 Å². The maximum absolute atomic E-state index is 12.4. The van der Waals surface area contributed by atoms with E-state index < -0.39 is 24.6 Å². The molecule has 1 heterocycles. The fourth-order valence-corrected chi connectivity index (χ4v) is 2.58. The van der Waals surface area contributed by atoms with Crippen molar-refractivity contribution in [1.29, 1.82) is 0 Å².